The molecule has 28 heavy (non-hydrogen) atoms. The lowest BCUT2D eigenvalue weighted by atomic mass is 10.1. The molecule has 0 spiro atoms. The zero-order chi connectivity index (χ0) is 20.7. The fourth-order valence-corrected chi connectivity index (χ4v) is 2.34. The average molecular weight is 385 g/mol. The number of benzene rings is 2. The van der Waals surface area contributed by atoms with E-state index in [0.717, 1.165) is 0 Å². The van der Waals surface area contributed by atoms with Crippen molar-refractivity contribution in [3.05, 3.63) is 63.8 Å². The van der Waals surface area contributed by atoms with Crippen LogP contribution in [0.1, 0.15) is 12.5 Å². The molecule has 0 aliphatic heterocycles. The first-order chi connectivity index (χ1) is 13.3. The maximum Gasteiger partial charge on any atom is 0.272 e. The van der Waals surface area contributed by atoms with Gasteiger partial charge in [-0.2, -0.15) is 0 Å². The van der Waals surface area contributed by atoms with Gasteiger partial charge in [-0.25, -0.2) is 0 Å². The van der Waals surface area contributed by atoms with E-state index in [0.29, 0.717) is 22.7 Å². The number of anilines is 1. The molecule has 9 heteroatoms. The average Bonchev–Trinajstić information content (AvgIpc) is 2.67. The maximum absolute atomic E-state index is 12.7. The summed E-state index contributed by atoms with van der Waals surface area (Å²) < 4.78 is 10.4. The molecule has 2 N–H and O–H groups in total. The van der Waals surface area contributed by atoms with E-state index in [1.165, 1.54) is 45.4 Å². The minimum absolute atomic E-state index is 0.0853. The molecule has 0 unspecified atom stereocenters. The Morgan fingerprint density at radius 3 is 2.46 bits per heavy atom. The SMILES string of the molecule is COc1ccc(OC)c(NC(=O)/C(=C/c2cccc([N+](=O)[O-])c2)NC(C)=O)c1. The maximum atomic E-state index is 12.7. The van der Waals surface area contributed by atoms with Crippen LogP contribution in [0.5, 0.6) is 11.5 Å². The molecule has 0 aliphatic rings. The minimum Gasteiger partial charge on any atom is -0.497 e. The summed E-state index contributed by atoms with van der Waals surface area (Å²) in [6, 6.07) is 10.5. The van der Waals surface area contributed by atoms with E-state index in [9.17, 15) is 19.7 Å². The summed E-state index contributed by atoms with van der Waals surface area (Å²) >= 11 is 0. The smallest absolute Gasteiger partial charge is 0.272 e. The molecule has 2 amide bonds. The largest absolute Gasteiger partial charge is 0.497 e. The Balaban J connectivity index is 2.38. The summed E-state index contributed by atoms with van der Waals surface area (Å²) in [5.74, 6) is -0.204. The second kappa shape index (κ2) is 9.17. The highest BCUT2D eigenvalue weighted by molar-refractivity contribution is 6.09. The van der Waals surface area contributed by atoms with Crippen molar-refractivity contribution in [2.45, 2.75) is 6.92 Å². The summed E-state index contributed by atoms with van der Waals surface area (Å²) in [5, 5.41) is 16.0. The van der Waals surface area contributed by atoms with Gasteiger partial charge in [0, 0.05) is 25.1 Å². The van der Waals surface area contributed by atoms with Gasteiger partial charge in [0.15, 0.2) is 0 Å². The van der Waals surface area contributed by atoms with Gasteiger partial charge in [0.2, 0.25) is 5.91 Å². The lowest BCUT2D eigenvalue weighted by Crippen LogP contribution is -2.29. The zero-order valence-corrected chi connectivity index (χ0v) is 15.5. The Morgan fingerprint density at radius 2 is 1.86 bits per heavy atom. The van der Waals surface area contributed by atoms with Crippen LogP contribution in [0.25, 0.3) is 6.08 Å². The highest BCUT2D eigenvalue weighted by Gasteiger charge is 2.15. The van der Waals surface area contributed by atoms with Crippen LogP contribution in [0.4, 0.5) is 11.4 Å². The molecule has 0 radical (unpaired) electrons. The van der Waals surface area contributed by atoms with Gasteiger partial charge in [0.25, 0.3) is 11.6 Å². The quantitative estimate of drug-likeness (QED) is 0.430. The van der Waals surface area contributed by atoms with Crippen LogP contribution >= 0.6 is 0 Å². The predicted octanol–water partition coefficient (Wildman–Crippen LogP) is 2.73. The van der Waals surface area contributed by atoms with Crippen molar-refractivity contribution in [1.82, 2.24) is 5.32 Å². The highest BCUT2D eigenvalue weighted by Crippen LogP contribution is 2.29. The number of carbonyl (C=O) groups is 2. The summed E-state index contributed by atoms with van der Waals surface area (Å²) in [6.45, 7) is 1.25. The van der Waals surface area contributed by atoms with Crippen molar-refractivity contribution in [2.75, 3.05) is 19.5 Å². The number of carbonyl (C=O) groups excluding carboxylic acids is 2. The van der Waals surface area contributed by atoms with E-state index < -0.39 is 16.7 Å². The first-order valence-electron chi connectivity index (χ1n) is 8.11. The van der Waals surface area contributed by atoms with Crippen molar-refractivity contribution in [3.8, 4) is 11.5 Å². The zero-order valence-electron chi connectivity index (χ0n) is 15.5. The number of methoxy groups -OCH3 is 2. The van der Waals surface area contributed by atoms with Crippen molar-refractivity contribution < 1.29 is 24.0 Å². The second-order valence-corrected chi connectivity index (χ2v) is 5.61. The van der Waals surface area contributed by atoms with Gasteiger partial charge in [-0.1, -0.05) is 12.1 Å². The number of nitro groups is 1. The van der Waals surface area contributed by atoms with E-state index in [2.05, 4.69) is 10.6 Å². The number of hydrogen-bond donors (Lipinski definition) is 2. The summed E-state index contributed by atoms with van der Waals surface area (Å²) in [5.41, 5.74) is 0.497. The molecular weight excluding hydrogens is 366 g/mol. The number of ether oxygens (including phenoxy) is 2. The fourth-order valence-electron chi connectivity index (χ4n) is 2.34. The molecule has 0 heterocycles. The highest BCUT2D eigenvalue weighted by atomic mass is 16.6. The Kier molecular flexibility index (Phi) is 6.69. The van der Waals surface area contributed by atoms with Gasteiger partial charge >= 0.3 is 0 Å². The minimum atomic E-state index is -0.631. The topological polar surface area (TPSA) is 120 Å². The summed E-state index contributed by atoms with van der Waals surface area (Å²) in [7, 11) is 2.93. The fraction of sp³-hybridized carbons (Fsp3) is 0.158. The monoisotopic (exact) mass is 385 g/mol. The molecule has 146 valence electrons. The molecule has 0 fully saturated rings. The number of amides is 2. The molecule has 0 bridgehead atoms. The van der Waals surface area contributed by atoms with E-state index in [-0.39, 0.29) is 11.4 Å². The Labute approximate surface area is 161 Å². The van der Waals surface area contributed by atoms with E-state index in [4.69, 9.17) is 9.47 Å². The van der Waals surface area contributed by atoms with Crippen molar-refractivity contribution >= 4 is 29.3 Å². The van der Waals surface area contributed by atoms with E-state index in [1.54, 1.807) is 24.3 Å². The molecule has 0 saturated heterocycles. The van der Waals surface area contributed by atoms with Crippen LogP contribution in [0, 0.1) is 10.1 Å². The molecule has 9 nitrogen and oxygen atoms in total. The van der Waals surface area contributed by atoms with Gasteiger partial charge in [-0.05, 0) is 23.8 Å². The van der Waals surface area contributed by atoms with E-state index >= 15 is 0 Å². The van der Waals surface area contributed by atoms with Crippen LogP contribution in [-0.4, -0.2) is 31.0 Å². The van der Waals surface area contributed by atoms with Crippen LogP contribution in [-0.2, 0) is 9.59 Å². The number of nitro benzene ring substituents is 1. The lowest BCUT2D eigenvalue weighted by molar-refractivity contribution is -0.384. The van der Waals surface area contributed by atoms with Crippen LogP contribution in [0.15, 0.2) is 48.2 Å². The van der Waals surface area contributed by atoms with Crippen molar-refractivity contribution in [2.24, 2.45) is 0 Å². The van der Waals surface area contributed by atoms with Crippen LogP contribution in [0.2, 0.25) is 0 Å². The molecule has 2 rings (SSSR count). The first-order valence-corrected chi connectivity index (χ1v) is 8.11. The molecule has 0 saturated carbocycles. The standard InChI is InChI=1S/C19H19N3O6/c1-12(23)20-17(10-13-5-4-6-14(9-13)22(25)26)19(24)21-16-11-15(27-2)7-8-18(16)28-3/h4-11H,1-3H3,(H,20,23)(H,21,24)/b17-10-. The van der Waals surface area contributed by atoms with Gasteiger partial charge in [0.05, 0.1) is 24.8 Å². The van der Waals surface area contributed by atoms with Crippen LogP contribution in [0.3, 0.4) is 0 Å². The number of rotatable bonds is 7. The molecular formula is C19H19N3O6. The van der Waals surface area contributed by atoms with Crippen molar-refractivity contribution in [1.29, 1.82) is 0 Å². The Hall–Kier alpha value is -3.88. The van der Waals surface area contributed by atoms with Crippen LogP contribution < -0.4 is 20.1 Å². The molecule has 0 atom stereocenters. The molecule has 2 aromatic carbocycles. The molecule has 2 aromatic rings. The van der Waals surface area contributed by atoms with Gasteiger partial charge in [-0.15, -0.1) is 0 Å². The third kappa shape index (κ3) is 5.31. The second-order valence-electron chi connectivity index (χ2n) is 5.61. The summed E-state index contributed by atoms with van der Waals surface area (Å²) in [6.07, 6.45) is 1.34. The van der Waals surface area contributed by atoms with Gasteiger partial charge < -0.3 is 20.1 Å². The van der Waals surface area contributed by atoms with Gasteiger partial charge in [-0.3, -0.25) is 19.7 Å². The number of non-ortho nitro benzene ring substituents is 1. The third-order valence-corrected chi connectivity index (χ3v) is 3.60. The Morgan fingerprint density at radius 1 is 1.11 bits per heavy atom. The molecule has 0 aromatic heterocycles. The van der Waals surface area contributed by atoms with Crippen molar-refractivity contribution in [3.63, 3.8) is 0 Å². The molecule has 0 aliphatic carbocycles. The number of nitrogens with zero attached hydrogens (tertiary/aromatic N) is 1. The van der Waals surface area contributed by atoms with E-state index in [1.807, 2.05) is 0 Å². The first kappa shape index (κ1) is 20.4. The number of nitrogens with one attached hydrogen (secondary N) is 2. The predicted molar refractivity (Wildman–Crippen MR) is 103 cm³/mol. The third-order valence-electron chi connectivity index (χ3n) is 3.60. The normalized spacial score (nSPS) is 10.8. The van der Waals surface area contributed by atoms with Gasteiger partial charge in [0.1, 0.15) is 17.2 Å². The summed E-state index contributed by atoms with van der Waals surface area (Å²) in [4.78, 5) is 34.6. The Bertz CT molecular complexity index is 939. The number of hydrogen-bond acceptors (Lipinski definition) is 6. The lowest BCUT2D eigenvalue weighted by Gasteiger charge is -2.13.